The minimum absolute atomic E-state index is 1.14. The van der Waals surface area contributed by atoms with Gasteiger partial charge in [0.05, 0.1) is 0 Å². The lowest BCUT2D eigenvalue weighted by molar-refractivity contribution is 1.30. The monoisotopic (exact) mass is 583 g/mol. The normalized spacial score (nSPS) is 11.7. The molecule has 3 heteroatoms. The summed E-state index contributed by atoms with van der Waals surface area (Å²) in [4.78, 5) is 2.40. The van der Waals surface area contributed by atoms with Crippen molar-refractivity contribution in [2.24, 2.45) is 0 Å². The molecule has 0 saturated heterocycles. The molecule has 0 aliphatic heterocycles. The van der Waals surface area contributed by atoms with Crippen LogP contribution in [0.4, 0.5) is 17.1 Å². The van der Waals surface area contributed by atoms with Crippen LogP contribution in [0, 0.1) is 0 Å². The number of nitrogens with zero attached hydrogens (tertiary/aromatic N) is 1. The van der Waals surface area contributed by atoms with E-state index in [2.05, 4.69) is 157 Å². The number of hydrogen-bond acceptors (Lipinski definition) is 3. The maximum atomic E-state index is 2.40. The fourth-order valence-corrected chi connectivity index (χ4v) is 8.55. The second-order valence-corrected chi connectivity index (χ2v) is 13.2. The van der Waals surface area contributed by atoms with Crippen molar-refractivity contribution in [1.29, 1.82) is 0 Å². The van der Waals surface area contributed by atoms with Gasteiger partial charge in [-0.2, -0.15) is 0 Å². The quantitative estimate of drug-likeness (QED) is 0.199. The summed E-state index contributed by atoms with van der Waals surface area (Å²) in [6.45, 7) is 0. The van der Waals surface area contributed by atoms with Crippen LogP contribution in [-0.4, -0.2) is 0 Å². The number of anilines is 3. The van der Waals surface area contributed by atoms with Crippen LogP contribution in [0.3, 0.4) is 0 Å². The highest BCUT2D eigenvalue weighted by molar-refractivity contribution is 7.26. The molecular weight excluding hydrogens is 559 g/mol. The molecule has 0 N–H and O–H groups in total. The molecule has 0 aliphatic rings. The highest BCUT2D eigenvalue weighted by Crippen LogP contribution is 2.43. The molecule has 9 rings (SSSR count). The Labute approximate surface area is 257 Å². The lowest BCUT2D eigenvalue weighted by atomic mass is 10.0. The predicted molar refractivity (Wildman–Crippen MR) is 190 cm³/mol. The number of rotatable bonds is 4. The molecule has 43 heavy (non-hydrogen) atoms. The predicted octanol–water partition coefficient (Wildman–Crippen LogP) is 12.7. The molecular formula is C40H25NS2. The van der Waals surface area contributed by atoms with E-state index in [9.17, 15) is 0 Å². The lowest BCUT2D eigenvalue weighted by Gasteiger charge is -2.26. The van der Waals surface area contributed by atoms with Crippen LogP contribution < -0.4 is 4.90 Å². The van der Waals surface area contributed by atoms with Crippen molar-refractivity contribution in [3.63, 3.8) is 0 Å². The molecule has 0 saturated carbocycles. The van der Waals surface area contributed by atoms with Gasteiger partial charge in [0, 0.05) is 57.4 Å². The molecule has 0 amide bonds. The Kier molecular flexibility index (Phi) is 5.62. The Morgan fingerprint density at radius 1 is 0.326 bits per heavy atom. The summed E-state index contributed by atoms with van der Waals surface area (Å²) >= 11 is 3.73. The minimum atomic E-state index is 1.14. The second kappa shape index (κ2) is 9.81. The van der Waals surface area contributed by atoms with Gasteiger partial charge in [-0.05, 0) is 88.6 Å². The summed E-state index contributed by atoms with van der Waals surface area (Å²) in [6, 6.07) is 55.5. The van der Waals surface area contributed by atoms with Gasteiger partial charge < -0.3 is 4.90 Å². The van der Waals surface area contributed by atoms with Crippen LogP contribution in [0.5, 0.6) is 0 Å². The summed E-state index contributed by atoms with van der Waals surface area (Å²) in [5, 5.41) is 7.79. The average Bonchev–Trinajstić information content (AvgIpc) is 3.62. The van der Waals surface area contributed by atoms with Crippen LogP contribution in [0.2, 0.25) is 0 Å². The standard InChI is InChI=1S/C40H25NS2/c1-2-8-26(9-3-1)27-14-17-30(18-15-27)41(32-20-21-39-36(25-32)34-11-5-6-12-37(34)42-39)31-19-16-28-24-40-35(23-29(28)22-31)33-10-4-7-13-38(33)43-40/h1-25H. The molecule has 2 heterocycles. The van der Waals surface area contributed by atoms with E-state index < -0.39 is 0 Å². The van der Waals surface area contributed by atoms with E-state index >= 15 is 0 Å². The number of thiophene rings is 2. The van der Waals surface area contributed by atoms with E-state index in [1.807, 2.05) is 22.7 Å². The molecule has 0 aliphatic carbocycles. The topological polar surface area (TPSA) is 3.24 Å². The molecule has 9 aromatic rings. The van der Waals surface area contributed by atoms with Crippen molar-refractivity contribution in [3.05, 3.63) is 152 Å². The van der Waals surface area contributed by atoms with Crippen LogP contribution in [0.25, 0.3) is 62.2 Å². The van der Waals surface area contributed by atoms with Crippen LogP contribution in [-0.2, 0) is 0 Å². The van der Waals surface area contributed by atoms with E-state index in [1.54, 1.807) is 0 Å². The molecule has 0 fully saturated rings. The molecule has 1 nitrogen and oxygen atoms in total. The van der Waals surface area contributed by atoms with E-state index in [0.29, 0.717) is 0 Å². The Hall–Kier alpha value is -4.96. The zero-order chi connectivity index (χ0) is 28.3. The fourth-order valence-electron chi connectivity index (χ4n) is 6.33. The Morgan fingerprint density at radius 3 is 1.65 bits per heavy atom. The number of benzene rings is 7. The van der Waals surface area contributed by atoms with Gasteiger partial charge in [0.1, 0.15) is 0 Å². The summed E-state index contributed by atoms with van der Waals surface area (Å²) in [5.74, 6) is 0. The zero-order valence-electron chi connectivity index (χ0n) is 23.2. The van der Waals surface area contributed by atoms with E-state index in [1.165, 1.54) is 62.2 Å². The first-order valence-electron chi connectivity index (χ1n) is 14.5. The number of fused-ring (bicyclic) bond motifs is 7. The summed E-state index contributed by atoms with van der Waals surface area (Å²) in [6.07, 6.45) is 0. The summed E-state index contributed by atoms with van der Waals surface area (Å²) in [5.41, 5.74) is 5.89. The maximum absolute atomic E-state index is 2.40. The number of hydrogen-bond donors (Lipinski definition) is 0. The van der Waals surface area contributed by atoms with Gasteiger partial charge >= 0.3 is 0 Å². The van der Waals surface area contributed by atoms with E-state index in [0.717, 1.165) is 17.1 Å². The van der Waals surface area contributed by atoms with Gasteiger partial charge in [0.15, 0.2) is 0 Å². The fraction of sp³-hybridized carbons (Fsp3) is 0. The first kappa shape index (κ1) is 24.6. The first-order valence-corrected chi connectivity index (χ1v) is 16.1. The maximum Gasteiger partial charge on any atom is 0.0468 e. The van der Waals surface area contributed by atoms with Crippen molar-refractivity contribution in [1.82, 2.24) is 0 Å². The molecule has 2 aromatic heterocycles. The molecule has 7 aromatic carbocycles. The van der Waals surface area contributed by atoms with Gasteiger partial charge in [0.25, 0.3) is 0 Å². The largest absolute Gasteiger partial charge is 0.310 e. The second-order valence-electron chi connectivity index (χ2n) is 11.0. The van der Waals surface area contributed by atoms with Crippen molar-refractivity contribution in [2.75, 3.05) is 4.90 Å². The third-order valence-electron chi connectivity index (χ3n) is 8.43. The molecule has 0 radical (unpaired) electrons. The average molecular weight is 584 g/mol. The Morgan fingerprint density at radius 2 is 0.884 bits per heavy atom. The van der Waals surface area contributed by atoms with E-state index in [-0.39, 0.29) is 0 Å². The minimum Gasteiger partial charge on any atom is -0.310 e. The molecule has 202 valence electrons. The van der Waals surface area contributed by atoms with Gasteiger partial charge in [0.2, 0.25) is 0 Å². The van der Waals surface area contributed by atoms with Crippen molar-refractivity contribution < 1.29 is 0 Å². The van der Waals surface area contributed by atoms with Gasteiger partial charge in [-0.1, -0.05) is 84.9 Å². The SMILES string of the molecule is c1ccc(-c2ccc(N(c3ccc4cc5sc6ccccc6c5cc4c3)c3ccc4sc5ccccc5c4c3)cc2)cc1. The molecule has 0 unspecified atom stereocenters. The van der Waals surface area contributed by atoms with Gasteiger partial charge in [-0.3, -0.25) is 0 Å². The van der Waals surface area contributed by atoms with Gasteiger partial charge in [-0.15, -0.1) is 22.7 Å². The molecule has 0 atom stereocenters. The third-order valence-corrected chi connectivity index (χ3v) is 10.7. The van der Waals surface area contributed by atoms with Gasteiger partial charge in [-0.25, -0.2) is 0 Å². The molecule has 0 spiro atoms. The zero-order valence-corrected chi connectivity index (χ0v) is 24.8. The lowest BCUT2D eigenvalue weighted by Crippen LogP contribution is -2.09. The van der Waals surface area contributed by atoms with Crippen molar-refractivity contribution in [3.8, 4) is 11.1 Å². The van der Waals surface area contributed by atoms with Crippen molar-refractivity contribution >= 4 is 90.9 Å². The summed E-state index contributed by atoms with van der Waals surface area (Å²) in [7, 11) is 0. The Balaban J connectivity index is 1.24. The summed E-state index contributed by atoms with van der Waals surface area (Å²) < 4.78 is 5.31. The van der Waals surface area contributed by atoms with Crippen LogP contribution in [0.1, 0.15) is 0 Å². The highest BCUT2D eigenvalue weighted by Gasteiger charge is 2.16. The van der Waals surface area contributed by atoms with Crippen molar-refractivity contribution in [2.45, 2.75) is 0 Å². The van der Waals surface area contributed by atoms with Crippen LogP contribution >= 0.6 is 22.7 Å². The van der Waals surface area contributed by atoms with E-state index in [4.69, 9.17) is 0 Å². The first-order chi connectivity index (χ1) is 21.3. The molecule has 0 bridgehead atoms. The smallest absolute Gasteiger partial charge is 0.0468 e. The highest BCUT2D eigenvalue weighted by atomic mass is 32.1. The van der Waals surface area contributed by atoms with Crippen LogP contribution in [0.15, 0.2) is 152 Å². The third kappa shape index (κ3) is 4.12. The Bertz CT molecular complexity index is 2450.